The summed E-state index contributed by atoms with van der Waals surface area (Å²) < 4.78 is 5.16. The molecular formula is C10H13BrN2O3. The van der Waals surface area contributed by atoms with Crippen molar-refractivity contribution in [3.63, 3.8) is 0 Å². The maximum Gasteiger partial charge on any atom is 0.251 e. The summed E-state index contributed by atoms with van der Waals surface area (Å²) in [6.07, 6.45) is 1.44. The van der Waals surface area contributed by atoms with Gasteiger partial charge in [0.1, 0.15) is 0 Å². The first-order valence-electron chi connectivity index (χ1n) is 4.84. The number of nitrogens with one attached hydrogen (secondary N) is 2. The quantitative estimate of drug-likeness (QED) is 0.592. The van der Waals surface area contributed by atoms with Crippen molar-refractivity contribution in [2.24, 2.45) is 0 Å². The topological polar surface area (TPSA) is 71.2 Å². The monoisotopic (exact) mass is 288 g/mol. The second kappa shape index (κ2) is 7.19. The van der Waals surface area contributed by atoms with Crippen molar-refractivity contribution in [3.8, 4) is 0 Å². The van der Waals surface area contributed by atoms with Gasteiger partial charge in [-0.2, -0.15) is 0 Å². The minimum Gasteiger partial charge on any atom is -0.379 e. The van der Waals surface area contributed by atoms with Crippen molar-refractivity contribution in [2.45, 2.75) is 0 Å². The first-order valence-corrected chi connectivity index (χ1v) is 5.97. The zero-order valence-electron chi connectivity index (χ0n) is 8.66. The molecule has 0 aliphatic carbocycles. The molecule has 16 heavy (non-hydrogen) atoms. The summed E-state index contributed by atoms with van der Waals surface area (Å²) in [5.74, 6) is -0.270. The molecule has 1 heterocycles. The van der Waals surface area contributed by atoms with E-state index in [0.29, 0.717) is 25.3 Å². The third-order valence-corrected chi connectivity index (χ3v) is 2.11. The second-order valence-electron chi connectivity index (χ2n) is 3.00. The van der Waals surface area contributed by atoms with E-state index in [1.165, 1.54) is 12.3 Å². The van der Waals surface area contributed by atoms with Crippen LogP contribution in [0, 0.1) is 0 Å². The van der Waals surface area contributed by atoms with Crippen LogP contribution in [-0.2, 0) is 4.74 Å². The number of carbonyl (C=O) groups excluding carboxylic acids is 1. The molecule has 0 saturated carbocycles. The number of aromatic nitrogens is 1. The zero-order chi connectivity index (χ0) is 11.8. The van der Waals surface area contributed by atoms with E-state index in [-0.39, 0.29) is 11.5 Å². The van der Waals surface area contributed by atoms with Crippen LogP contribution in [0.5, 0.6) is 0 Å². The number of hydrogen-bond donors (Lipinski definition) is 2. The van der Waals surface area contributed by atoms with Crippen molar-refractivity contribution in [2.75, 3.05) is 25.1 Å². The molecule has 6 heteroatoms. The highest BCUT2D eigenvalue weighted by atomic mass is 79.9. The predicted molar refractivity (Wildman–Crippen MR) is 64.0 cm³/mol. The first-order chi connectivity index (χ1) is 7.74. The van der Waals surface area contributed by atoms with Gasteiger partial charge in [-0.1, -0.05) is 15.9 Å². The van der Waals surface area contributed by atoms with Crippen LogP contribution in [0.4, 0.5) is 0 Å². The Balaban J connectivity index is 2.33. The van der Waals surface area contributed by atoms with Gasteiger partial charge in [-0.3, -0.25) is 9.59 Å². The van der Waals surface area contributed by atoms with Crippen molar-refractivity contribution in [1.29, 1.82) is 0 Å². The molecule has 0 aliphatic rings. The third-order valence-electron chi connectivity index (χ3n) is 1.79. The van der Waals surface area contributed by atoms with Gasteiger partial charge in [0.05, 0.1) is 13.2 Å². The first kappa shape index (κ1) is 12.9. The standard InChI is InChI=1S/C10H13BrN2O3/c11-2-5-16-6-4-13-10(15)8-1-3-12-9(14)7-8/h1,3,7H,2,4-6H2,(H,12,14)(H,13,15). The molecule has 0 fully saturated rings. The molecule has 0 atom stereocenters. The molecular weight excluding hydrogens is 276 g/mol. The number of amides is 1. The lowest BCUT2D eigenvalue weighted by molar-refractivity contribution is 0.0924. The summed E-state index contributed by atoms with van der Waals surface area (Å²) in [7, 11) is 0. The van der Waals surface area contributed by atoms with Crippen LogP contribution in [0.1, 0.15) is 10.4 Å². The van der Waals surface area contributed by atoms with Gasteiger partial charge >= 0.3 is 0 Å². The number of carbonyl (C=O) groups is 1. The molecule has 0 spiro atoms. The zero-order valence-corrected chi connectivity index (χ0v) is 10.2. The summed E-state index contributed by atoms with van der Waals surface area (Å²) in [6.45, 7) is 1.50. The fourth-order valence-corrected chi connectivity index (χ4v) is 1.31. The number of alkyl halides is 1. The smallest absolute Gasteiger partial charge is 0.251 e. The van der Waals surface area contributed by atoms with Gasteiger partial charge in [0.15, 0.2) is 0 Å². The molecule has 1 rings (SSSR count). The van der Waals surface area contributed by atoms with Crippen LogP contribution < -0.4 is 10.9 Å². The fourth-order valence-electron chi connectivity index (χ4n) is 1.08. The number of pyridine rings is 1. The normalized spacial score (nSPS) is 10.1. The minimum atomic E-state index is -0.289. The van der Waals surface area contributed by atoms with E-state index in [9.17, 15) is 9.59 Å². The number of ether oxygens (including phenoxy) is 1. The van der Waals surface area contributed by atoms with E-state index >= 15 is 0 Å². The molecule has 5 nitrogen and oxygen atoms in total. The van der Waals surface area contributed by atoms with Crippen LogP contribution in [0.3, 0.4) is 0 Å². The van der Waals surface area contributed by atoms with Crippen molar-refractivity contribution in [1.82, 2.24) is 10.3 Å². The Bertz CT molecular complexity index is 392. The molecule has 2 N–H and O–H groups in total. The van der Waals surface area contributed by atoms with Gasteiger partial charge in [-0.05, 0) is 6.07 Å². The third kappa shape index (κ3) is 4.59. The summed E-state index contributed by atoms with van der Waals surface area (Å²) in [5, 5.41) is 3.43. The Hall–Kier alpha value is -1.14. The van der Waals surface area contributed by atoms with Gasteiger partial charge in [-0.25, -0.2) is 0 Å². The molecule has 1 aromatic heterocycles. The molecule has 88 valence electrons. The lowest BCUT2D eigenvalue weighted by Crippen LogP contribution is -2.28. The Morgan fingerprint density at radius 1 is 1.50 bits per heavy atom. The molecule has 0 aliphatic heterocycles. The van der Waals surface area contributed by atoms with Gasteiger partial charge in [0.2, 0.25) is 5.56 Å². The SMILES string of the molecule is O=C(NCCOCCBr)c1cc[nH]c(=O)c1. The number of aromatic amines is 1. The van der Waals surface area contributed by atoms with E-state index in [2.05, 4.69) is 26.2 Å². The highest BCUT2D eigenvalue weighted by Gasteiger charge is 2.04. The lowest BCUT2D eigenvalue weighted by atomic mass is 10.2. The number of rotatable bonds is 6. The van der Waals surface area contributed by atoms with Crippen LogP contribution in [0.15, 0.2) is 23.1 Å². The summed E-state index contributed by atoms with van der Waals surface area (Å²) in [5.41, 5.74) is 0.0624. The van der Waals surface area contributed by atoms with Crippen molar-refractivity contribution in [3.05, 3.63) is 34.2 Å². The van der Waals surface area contributed by atoms with E-state index in [1.807, 2.05) is 0 Å². The van der Waals surface area contributed by atoms with Gasteiger partial charge < -0.3 is 15.0 Å². The van der Waals surface area contributed by atoms with Crippen LogP contribution in [0.2, 0.25) is 0 Å². The minimum absolute atomic E-state index is 0.270. The summed E-state index contributed by atoms with van der Waals surface area (Å²) in [6, 6.07) is 2.81. The number of H-pyrrole nitrogens is 1. The Labute approximate surface area is 101 Å². The number of halogens is 1. The molecule has 0 unspecified atom stereocenters. The molecule has 1 amide bonds. The Morgan fingerprint density at radius 3 is 3.00 bits per heavy atom. The van der Waals surface area contributed by atoms with Crippen molar-refractivity contribution >= 4 is 21.8 Å². The second-order valence-corrected chi connectivity index (χ2v) is 3.79. The van der Waals surface area contributed by atoms with Crippen LogP contribution in [-0.4, -0.2) is 36.0 Å². The Kier molecular flexibility index (Phi) is 5.81. The lowest BCUT2D eigenvalue weighted by Gasteiger charge is -2.04. The average Bonchev–Trinajstić information content (AvgIpc) is 2.28. The van der Waals surface area contributed by atoms with E-state index in [1.54, 1.807) is 6.07 Å². The molecule has 0 radical (unpaired) electrons. The number of hydrogen-bond acceptors (Lipinski definition) is 3. The van der Waals surface area contributed by atoms with Crippen molar-refractivity contribution < 1.29 is 9.53 Å². The predicted octanol–water partition coefficient (Wildman–Crippen LogP) is 0.516. The van der Waals surface area contributed by atoms with E-state index < -0.39 is 0 Å². The molecule has 0 saturated heterocycles. The van der Waals surface area contributed by atoms with Crippen LogP contribution >= 0.6 is 15.9 Å². The summed E-state index contributed by atoms with van der Waals surface area (Å²) in [4.78, 5) is 24.9. The van der Waals surface area contributed by atoms with Gasteiger partial charge in [0, 0.05) is 29.7 Å². The average molecular weight is 289 g/mol. The highest BCUT2D eigenvalue weighted by Crippen LogP contribution is 1.92. The van der Waals surface area contributed by atoms with Crippen LogP contribution in [0.25, 0.3) is 0 Å². The largest absolute Gasteiger partial charge is 0.379 e. The fraction of sp³-hybridized carbons (Fsp3) is 0.400. The van der Waals surface area contributed by atoms with E-state index in [0.717, 1.165) is 5.33 Å². The highest BCUT2D eigenvalue weighted by molar-refractivity contribution is 9.09. The molecule has 0 bridgehead atoms. The van der Waals surface area contributed by atoms with E-state index in [4.69, 9.17) is 4.74 Å². The maximum absolute atomic E-state index is 11.5. The summed E-state index contributed by atoms with van der Waals surface area (Å²) >= 11 is 3.22. The maximum atomic E-state index is 11.5. The van der Waals surface area contributed by atoms with Gasteiger partial charge in [0.25, 0.3) is 5.91 Å². The van der Waals surface area contributed by atoms with Gasteiger partial charge in [-0.15, -0.1) is 0 Å². The molecule has 1 aromatic rings. The molecule has 0 aromatic carbocycles. The Morgan fingerprint density at radius 2 is 2.31 bits per heavy atom.